The molecule has 23 heavy (non-hydrogen) atoms. The molecule has 1 aromatic carbocycles. The van der Waals surface area contributed by atoms with E-state index in [0.29, 0.717) is 17.4 Å². The molecule has 0 N–H and O–H groups in total. The standard InChI is InChI=1S/C17H22O6/c1-11-4-7-14(8-5-11)16(18)21-23-22-17(19)20-15-9-6-12(2)13(3)10-15/h4-5,7-8,12-13,15H,6,9-10H2,1-3H3. The summed E-state index contributed by atoms with van der Waals surface area (Å²) in [7, 11) is 0. The predicted octanol–water partition coefficient (Wildman–Crippen LogP) is 3.98. The Hall–Kier alpha value is -2.08. The van der Waals surface area contributed by atoms with Crippen molar-refractivity contribution < 1.29 is 29.1 Å². The Morgan fingerprint density at radius 2 is 1.70 bits per heavy atom. The highest BCUT2D eigenvalue weighted by Crippen LogP contribution is 2.31. The fraction of sp³-hybridized carbons (Fsp3) is 0.529. The molecule has 1 aliphatic carbocycles. The molecular formula is C17H22O6. The summed E-state index contributed by atoms with van der Waals surface area (Å²) in [4.78, 5) is 31.9. The molecule has 0 aliphatic heterocycles. The molecule has 6 nitrogen and oxygen atoms in total. The average molecular weight is 322 g/mol. The van der Waals surface area contributed by atoms with E-state index >= 15 is 0 Å². The molecule has 0 radical (unpaired) electrons. The Bertz CT molecular complexity index is 539. The minimum atomic E-state index is -1.01. The van der Waals surface area contributed by atoms with E-state index in [1.54, 1.807) is 24.3 Å². The molecule has 126 valence electrons. The van der Waals surface area contributed by atoms with Crippen LogP contribution in [0.1, 0.15) is 49.0 Å². The molecule has 0 aromatic heterocycles. The summed E-state index contributed by atoms with van der Waals surface area (Å²) < 4.78 is 5.14. The maximum atomic E-state index is 11.6. The first kappa shape index (κ1) is 17.3. The number of ether oxygens (including phenoxy) is 1. The van der Waals surface area contributed by atoms with Gasteiger partial charge in [0.2, 0.25) is 0 Å². The summed E-state index contributed by atoms with van der Waals surface area (Å²) in [5, 5.41) is 4.21. The van der Waals surface area contributed by atoms with Gasteiger partial charge in [-0.05, 0) is 50.2 Å². The molecule has 0 saturated heterocycles. The maximum absolute atomic E-state index is 11.6. The van der Waals surface area contributed by atoms with Crippen molar-refractivity contribution in [2.75, 3.05) is 0 Å². The molecule has 0 amide bonds. The van der Waals surface area contributed by atoms with Crippen molar-refractivity contribution in [1.82, 2.24) is 0 Å². The zero-order chi connectivity index (χ0) is 16.8. The second kappa shape index (κ2) is 7.97. The lowest BCUT2D eigenvalue weighted by atomic mass is 9.80. The average Bonchev–Trinajstić information content (AvgIpc) is 2.51. The van der Waals surface area contributed by atoms with Gasteiger partial charge in [-0.3, -0.25) is 4.89 Å². The van der Waals surface area contributed by atoms with Crippen molar-refractivity contribution in [3.63, 3.8) is 0 Å². The Kier molecular flexibility index (Phi) is 5.98. The lowest BCUT2D eigenvalue weighted by Crippen LogP contribution is -2.29. The molecule has 1 aliphatic rings. The highest BCUT2D eigenvalue weighted by Gasteiger charge is 2.28. The highest BCUT2D eigenvalue weighted by molar-refractivity contribution is 5.88. The largest absolute Gasteiger partial charge is 0.543 e. The number of rotatable bonds is 4. The quantitative estimate of drug-likeness (QED) is 0.474. The van der Waals surface area contributed by atoms with Gasteiger partial charge in [-0.15, -0.1) is 0 Å². The van der Waals surface area contributed by atoms with Crippen molar-refractivity contribution in [1.29, 1.82) is 0 Å². The second-order valence-corrected chi connectivity index (χ2v) is 6.15. The number of hydrogen-bond acceptors (Lipinski definition) is 6. The number of benzene rings is 1. The van der Waals surface area contributed by atoms with Crippen LogP contribution >= 0.6 is 0 Å². The van der Waals surface area contributed by atoms with Gasteiger partial charge in [-0.1, -0.05) is 31.5 Å². The van der Waals surface area contributed by atoms with Gasteiger partial charge >= 0.3 is 12.1 Å². The van der Waals surface area contributed by atoms with Crippen molar-refractivity contribution >= 4 is 12.1 Å². The molecule has 6 heteroatoms. The summed E-state index contributed by atoms with van der Waals surface area (Å²) in [6, 6.07) is 6.70. The van der Waals surface area contributed by atoms with Crippen LogP contribution in [0.15, 0.2) is 24.3 Å². The summed E-state index contributed by atoms with van der Waals surface area (Å²) in [5.74, 6) is 0.359. The monoisotopic (exact) mass is 322 g/mol. The summed E-state index contributed by atoms with van der Waals surface area (Å²) in [5.41, 5.74) is 1.31. The molecule has 0 heterocycles. The van der Waals surface area contributed by atoms with Gasteiger partial charge in [0.15, 0.2) is 0 Å². The minimum Gasteiger partial charge on any atom is -0.429 e. The van der Waals surface area contributed by atoms with E-state index in [1.165, 1.54) is 0 Å². The molecule has 0 bridgehead atoms. The Morgan fingerprint density at radius 3 is 2.35 bits per heavy atom. The molecule has 3 unspecified atom stereocenters. The first-order valence-corrected chi connectivity index (χ1v) is 7.78. The molecule has 3 atom stereocenters. The van der Waals surface area contributed by atoms with E-state index in [-0.39, 0.29) is 6.10 Å². The lowest BCUT2D eigenvalue weighted by molar-refractivity contribution is -0.453. The minimum absolute atomic E-state index is 0.190. The third-order valence-corrected chi connectivity index (χ3v) is 4.31. The maximum Gasteiger partial charge on any atom is 0.543 e. The molecule has 1 fully saturated rings. The molecule has 1 saturated carbocycles. The number of carbonyl (C=O) groups excluding carboxylic acids is 2. The van der Waals surface area contributed by atoms with Crippen LogP contribution in [0.4, 0.5) is 4.79 Å². The normalized spacial score (nSPS) is 23.9. The van der Waals surface area contributed by atoms with Gasteiger partial charge in [-0.2, -0.15) is 0 Å². The smallest absolute Gasteiger partial charge is 0.429 e. The van der Waals surface area contributed by atoms with Crippen LogP contribution in [0.5, 0.6) is 0 Å². The second-order valence-electron chi connectivity index (χ2n) is 6.15. The fourth-order valence-corrected chi connectivity index (χ4v) is 2.57. The van der Waals surface area contributed by atoms with Gasteiger partial charge in [0.1, 0.15) is 6.10 Å². The first-order valence-electron chi connectivity index (χ1n) is 7.78. The Morgan fingerprint density at radius 1 is 1.00 bits per heavy atom. The fourth-order valence-electron chi connectivity index (χ4n) is 2.57. The zero-order valence-electron chi connectivity index (χ0n) is 13.6. The predicted molar refractivity (Wildman–Crippen MR) is 81.2 cm³/mol. The van der Waals surface area contributed by atoms with E-state index in [0.717, 1.165) is 24.8 Å². The third-order valence-electron chi connectivity index (χ3n) is 4.31. The lowest BCUT2D eigenvalue weighted by Gasteiger charge is -2.30. The first-order chi connectivity index (χ1) is 11.0. The Balaban J connectivity index is 1.68. The topological polar surface area (TPSA) is 71.1 Å². The summed E-state index contributed by atoms with van der Waals surface area (Å²) in [6.45, 7) is 6.22. The summed E-state index contributed by atoms with van der Waals surface area (Å²) >= 11 is 0. The van der Waals surface area contributed by atoms with Gasteiger partial charge in [-0.25, -0.2) is 14.5 Å². The van der Waals surface area contributed by atoms with Crippen molar-refractivity contribution in [3.05, 3.63) is 35.4 Å². The van der Waals surface area contributed by atoms with Crippen LogP contribution in [0.3, 0.4) is 0 Å². The van der Waals surface area contributed by atoms with Crippen LogP contribution in [-0.4, -0.2) is 18.2 Å². The third kappa shape index (κ3) is 5.25. The molecule has 0 spiro atoms. The van der Waals surface area contributed by atoms with Crippen molar-refractivity contribution in [2.45, 2.75) is 46.1 Å². The summed E-state index contributed by atoms with van der Waals surface area (Å²) in [6.07, 6.45) is 1.39. The molecular weight excluding hydrogens is 300 g/mol. The van der Waals surface area contributed by atoms with Gasteiger partial charge in [0.05, 0.1) is 10.6 Å². The van der Waals surface area contributed by atoms with E-state index in [4.69, 9.17) is 4.74 Å². The van der Waals surface area contributed by atoms with E-state index in [1.807, 2.05) is 6.92 Å². The highest BCUT2D eigenvalue weighted by atomic mass is 17.5. The van der Waals surface area contributed by atoms with Crippen LogP contribution in [0.2, 0.25) is 0 Å². The van der Waals surface area contributed by atoms with Crippen LogP contribution < -0.4 is 0 Å². The Labute approximate surface area is 135 Å². The van der Waals surface area contributed by atoms with Gasteiger partial charge < -0.3 is 4.74 Å². The van der Waals surface area contributed by atoms with E-state index in [2.05, 4.69) is 28.7 Å². The molecule has 2 rings (SSSR count). The van der Waals surface area contributed by atoms with Crippen molar-refractivity contribution in [2.24, 2.45) is 11.8 Å². The van der Waals surface area contributed by atoms with Gasteiger partial charge in [0, 0.05) is 0 Å². The van der Waals surface area contributed by atoms with Crippen molar-refractivity contribution in [3.8, 4) is 0 Å². The zero-order valence-corrected chi connectivity index (χ0v) is 13.6. The SMILES string of the molecule is Cc1ccc(C(=O)OOOC(=O)OC2CCC(C)C(C)C2)cc1. The van der Waals surface area contributed by atoms with Crippen LogP contribution in [0, 0.1) is 18.8 Å². The molecule has 1 aromatic rings. The van der Waals surface area contributed by atoms with Crippen LogP contribution in [0.25, 0.3) is 0 Å². The number of hydrogen-bond donors (Lipinski definition) is 0. The number of aryl methyl sites for hydroxylation is 1. The van der Waals surface area contributed by atoms with Crippen LogP contribution in [-0.2, 0) is 19.6 Å². The number of carbonyl (C=O) groups is 2. The van der Waals surface area contributed by atoms with Gasteiger partial charge in [0.25, 0.3) is 0 Å². The van der Waals surface area contributed by atoms with E-state index in [9.17, 15) is 9.59 Å². The van der Waals surface area contributed by atoms with E-state index < -0.39 is 12.1 Å².